The number of ether oxygens (including phenoxy) is 4. The van der Waals surface area contributed by atoms with Gasteiger partial charge in [0.05, 0.1) is 17.7 Å². The molecule has 3 heterocycles. The van der Waals surface area contributed by atoms with Crippen LogP contribution in [0.3, 0.4) is 0 Å². The second kappa shape index (κ2) is 9.84. The number of likely N-dealkylation sites (tertiary alicyclic amines) is 1. The topological polar surface area (TPSA) is 94.5 Å². The van der Waals surface area contributed by atoms with Gasteiger partial charge < -0.3 is 29.0 Å². The number of amides is 1. The molecule has 0 saturated carbocycles. The molecule has 0 bridgehead atoms. The molecule has 2 atom stereocenters. The molecule has 1 N–H and O–H groups in total. The van der Waals surface area contributed by atoms with Crippen LogP contribution in [0.1, 0.15) is 30.0 Å². The van der Waals surface area contributed by atoms with Gasteiger partial charge in [-0.15, -0.1) is 0 Å². The molecular weight excluding hydrogens is 450 g/mol. The van der Waals surface area contributed by atoms with Gasteiger partial charge >= 0.3 is 0 Å². The molecule has 2 unspecified atom stereocenters. The molecule has 35 heavy (non-hydrogen) atoms. The monoisotopic (exact) mass is 477 g/mol. The van der Waals surface area contributed by atoms with Gasteiger partial charge in [-0.3, -0.25) is 9.59 Å². The van der Waals surface area contributed by atoms with E-state index >= 15 is 0 Å². The number of aliphatic hydroxyl groups is 1. The molecule has 182 valence electrons. The number of aliphatic hydroxyl groups excluding tert-OH is 1. The minimum Gasteiger partial charge on any atom is -0.507 e. The van der Waals surface area contributed by atoms with Crippen LogP contribution in [-0.2, 0) is 14.3 Å². The third-order valence-corrected chi connectivity index (χ3v) is 6.34. The van der Waals surface area contributed by atoms with Crippen molar-refractivity contribution < 1.29 is 33.6 Å². The van der Waals surface area contributed by atoms with Crippen molar-refractivity contribution >= 4 is 17.4 Å². The number of nitrogens with zero attached hydrogens (tertiary/aromatic N) is 1. The number of ketones is 1. The van der Waals surface area contributed by atoms with E-state index in [-0.39, 0.29) is 24.0 Å². The van der Waals surface area contributed by atoms with Crippen LogP contribution in [0, 0.1) is 0 Å². The fraction of sp³-hybridized carbons (Fsp3) is 0.333. The maximum absolute atomic E-state index is 13.2. The van der Waals surface area contributed by atoms with Crippen molar-refractivity contribution in [3.8, 4) is 17.2 Å². The Morgan fingerprint density at radius 3 is 2.57 bits per heavy atom. The van der Waals surface area contributed by atoms with Crippen molar-refractivity contribution in [2.24, 2.45) is 0 Å². The summed E-state index contributed by atoms with van der Waals surface area (Å²) in [7, 11) is 0. The number of hydrogen-bond acceptors (Lipinski definition) is 7. The first-order chi connectivity index (χ1) is 17.1. The van der Waals surface area contributed by atoms with E-state index < -0.39 is 17.7 Å². The predicted octanol–water partition coefficient (Wildman–Crippen LogP) is 3.62. The molecule has 8 nitrogen and oxygen atoms in total. The van der Waals surface area contributed by atoms with Crippen LogP contribution in [0.4, 0.5) is 0 Å². The molecule has 2 saturated heterocycles. The SMILES string of the molecule is C=CCOc1ccc(C2C(=C(O)c3ccc4c(c3)OCCO4)C(=O)C(=O)N2CC2CCCO2)cc1. The Morgan fingerprint density at radius 2 is 1.86 bits per heavy atom. The van der Waals surface area contributed by atoms with E-state index in [2.05, 4.69) is 6.58 Å². The third kappa shape index (κ3) is 4.49. The largest absolute Gasteiger partial charge is 0.507 e. The van der Waals surface area contributed by atoms with Gasteiger partial charge in [-0.25, -0.2) is 0 Å². The fourth-order valence-corrected chi connectivity index (χ4v) is 4.67. The maximum Gasteiger partial charge on any atom is 0.295 e. The molecule has 2 fully saturated rings. The Bertz CT molecular complexity index is 1160. The van der Waals surface area contributed by atoms with Gasteiger partial charge in [0.25, 0.3) is 11.7 Å². The highest BCUT2D eigenvalue weighted by Crippen LogP contribution is 2.42. The molecule has 0 spiro atoms. The lowest BCUT2D eigenvalue weighted by atomic mass is 9.95. The average molecular weight is 478 g/mol. The molecule has 3 aliphatic heterocycles. The number of rotatable bonds is 7. The summed E-state index contributed by atoms with van der Waals surface area (Å²) in [6.45, 7) is 5.74. The van der Waals surface area contributed by atoms with Crippen LogP contribution >= 0.6 is 0 Å². The van der Waals surface area contributed by atoms with Crippen molar-refractivity contribution in [2.45, 2.75) is 25.0 Å². The molecule has 0 radical (unpaired) electrons. The van der Waals surface area contributed by atoms with Gasteiger partial charge in [-0.2, -0.15) is 0 Å². The standard InChI is InChI=1S/C27H27NO7/c1-2-11-32-19-8-5-17(6-9-19)24-23(26(30)27(31)28(24)16-20-4-3-12-33-20)25(29)18-7-10-21-22(15-18)35-14-13-34-21/h2,5-10,15,20,24,29H,1,3-4,11-14,16H2. The molecule has 2 aromatic carbocycles. The Labute approximate surface area is 203 Å². The normalized spacial score (nSPS) is 22.9. The Morgan fingerprint density at radius 1 is 1.09 bits per heavy atom. The van der Waals surface area contributed by atoms with Gasteiger partial charge in [0.2, 0.25) is 0 Å². The number of carbonyl (C=O) groups excluding carboxylic acids is 2. The molecule has 0 aromatic heterocycles. The summed E-state index contributed by atoms with van der Waals surface area (Å²) in [5, 5.41) is 11.3. The van der Waals surface area contributed by atoms with E-state index in [4.69, 9.17) is 18.9 Å². The van der Waals surface area contributed by atoms with Crippen LogP contribution in [-0.4, -0.2) is 60.8 Å². The van der Waals surface area contributed by atoms with Gasteiger partial charge in [-0.1, -0.05) is 24.8 Å². The lowest BCUT2D eigenvalue weighted by Crippen LogP contribution is -2.36. The Hall–Kier alpha value is -3.78. The summed E-state index contributed by atoms with van der Waals surface area (Å²) in [5.74, 6) is 0.0418. The summed E-state index contributed by atoms with van der Waals surface area (Å²) in [6, 6.07) is 11.3. The van der Waals surface area contributed by atoms with E-state index in [0.717, 1.165) is 12.8 Å². The fourth-order valence-electron chi connectivity index (χ4n) is 4.67. The average Bonchev–Trinajstić information content (AvgIpc) is 3.49. The smallest absolute Gasteiger partial charge is 0.295 e. The molecule has 8 heteroatoms. The number of benzene rings is 2. The lowest BCUT2D eigenvalue weighted by Gasteiger charge is -2.27. The maximum atomic E-state index is 13.2. The second-order valence-corrected chi connectivity index (χ2v) is 8.61. The predicted molar refractivity (Wildman–Crippen MR) is 128 cm³/mol. The summed E-state index contributed by atoms with van der Waals surface area (Å²) in [6.07, 6.45) is 3.22. The van der Waals surface area contributed by atoms with Gasteiger partial charge in [0.1, 0.15) is 31.3 Å². The first-order valence-corrected chi connectivity index (χ1v) is 11.7. The zero-order chi connectivity index (χ0) is 24.4. The number of Topliss-reactive ketones (excluding diaryl/α,β-unsaturated/α-hetero) is 1. The summed E-state index contributed by atoms with van der Waals surface area (Å²) < 4.78 is 22.5. The first-order valence-electron chi connectivity index (χ1n) is 11.7. The third-order valence-electron chi connectivity index (χ3n) is 6.34. The van der Waals surface area contributed by atoms with E-state index in [1.165, 1.54) is 4.90 Å². The Kier molecular flexibility index (Phi) is 6.46. The highest BCUT2D eigenvalue weighted by Gasteiger charge is 2.47. The summed E-state index contributed by atoms with van der Waals surface area (Å²) in [5.41, 5.74) is 1.09. The van der Waals surface area contributed by atoms with Crippen molar-refractivity contribution in [3.63, 3.8) is 0 Å². The second-order valence-electron chi connectivity index (χ2n) is 8.61. The number of hydrogen-bond donors (Lipinski definition) is 1. The minimum absolute atomic E-state index is 0.0319. The van der Waals surface area contributed by atoms with Crippen LogP contribution in [0.5, 0.6) is 17.2 Å². The molecule has 1 amide bonds. The highest BCUT2D eigenvalue weighted by molar-refractivity contribution is 6.46. The minimum atomic E-state index is -0.763. The zero-order valence-electron chi connectivity index (χ0n) is 19.3. The first kappa shape index (κ1) is 23.0. The van der Waals surface area contributed by atoms with Crippen LogP contribution in [0.2, 0.25) is 0 Å². The molecule has 2 aromatic rings. The van der Waals surface area contributed by atoms with E-state index in [9.17, 15) is 14.7 Å². The van der Waals surface area contributed by atoms with E-state index in [1.54, 1.807) is 48.5 Å². The molecule has 0 aliphatic carbocycles. The summed E-state index contributed by atoms with van der Waals surface area (Å²) in [4.78, 5) is 27.9. The highest BCUT2D eigenvalue weighted by atomic mass is 16.6. The molecule has 5 rings (SSSR count). The van der Waals surface area contributed by atoms with Crippen LogP contribution in [0.15, 0.2) is 60.7 Å². The van der Waals surface area contributed by atoms with Crippen LogP contribution < -0.4 is 14.2 Å². The van der Waals surface area contributed by atoms with Gasteiger partial charge in [0.15, 0.2) is 11.5 Å². The van der Waals surface area contributed by atoms with Crippen molar-refractivity contribution in [1.29, 1.82) is 0 Å². The lowest BCUT2D eigenvalue weighted by molar-refractivity contribution is -0.140. The van der Waals surface area contributed by atoms with Gasteiger partial charge in [-0.05, 0) is 48.7 Å². The van der Waals surface area contributed by atoms with Crippen molar-refractivity contribution in [2.75, 3.05) is 33.0 Å². The number of fused-ring (bicyclic) bond motifs is 1. The van der Waals surface area contributed by atoms with Crippen LogP contribution in [0.25, 0.3) is 5.76 Å². The summed E-state index contributed by atoms with van der Waals surface area (Å²) >= 11 is 0. The molecular formula is C27H27NO7. The Balaban J connectivity index is 1.56. The van der Waals surface area contributed by atoms with Crippen molar-refractivity contribution in [3.05, 3.63) is 71.8 Å². The quantitative estimate of drug-likeness (QED) is 0.282. The number of carbonyl (C=O) groups is 2. The molecule has 3 aliphatic rings. The van der Waals surface area contributed by atoms with E-state index in [0.29, 0.717) is 54.8 Å². The van der Waals surface area contributed by atoms with Gasteiger partial charge in [0, 0.05) is 18.7 Å². The zero-order valence-corrected chi connectivity index (χ0v) is 19.3. The van der Waals surface area contributed by atoms with E-state index in [1.807, 2.05) is 0 Å². The van der Waals surface area contributed by atoms with Crippen molar-refractivity contribution in [1.82, 2.24) is 4.90 Å².